The van der Waals surface area contributed by atoms with Crippen LogP contribution in [0.4, 0.5) is 13.2 Å². The summed E-state index contributed by atoms with van der Waals surface area (Å²) in [6, 6.07) is 14.4. The number of carbonyl (C=O) groups excluding carboxylic acids is 1. The van der Waals surface area contributed by atoms with Crippen molar-refractivity contribution in [3.05, 3.63) is 77.0 Å². The van der Waals surface area contributed by atoms with E-state index in [1.807, 2.05) is 55.8 Å². The first kappa shape index (κ1) is 20.8. The van der Waals surface area contributed by atoms with E-state index in [1.54, 1.807) is 0 Å². The Bertz CT molecular complexity index is 1000. The number of halogens is 3. The van der Waals surface area contributed by atoms with E-state index in [0.29, 0.717) is 29.7 Å². The van der Waals surface area contributed by atoms with Gasteiger partial charge in [-0.1, -0.05) is 35.9 Å². The molecular weight excluding hydrogens is 377 g/mol. The zero-order chi connectivity index (χ0) is 21.2. The number of aromatic nitrogens is 2. The van der Waals surface area contributed by atoms with Gasteiger partial charge in [0, 0.05) is 29.3 Å². The number of hydrogen-bond donors (Lipinski definition) is 0. The van der Waals surface area contributed by atoms with Crippen LogP contribution in [0.3, 0.4) is 0 Å². The van der Waals surface area contributed by atoms with Gasteiger partial charge < -0.3 is 0 Å². The fraction of sp³-hybridized carbons (Fsp3) is 0.304. The smallest absolute Gasteiger partial charge is 0.294 e. The summed E-state index contributed by atoms with van der Waals surface area (Å²) >= 11 is 0. The van der Waals surface area contributed by atoms with Crippen LogP contribution in [0.15, 0.2) is 54.6 Å². The van der Waals surface area contributed by atoms with Crippen LogP contribution in [0.2, 0.25) is 0 Å². The molecule has 0 fully saturated rings. The minimum Gasteiger partial charge on any atom is -0.294 e. The van der Waals surface area contributed by atoms with Crippen molar-refractivity contribution in [2.24, 2.45) is 0 Å². The summed E-state index contributed by atoms with van der Waals surface area (Å²) in [7, 11) is 0. The van der Waals surface area contributed by atoms with E-state index in [2.05, 4.69) is 5.10 Å². The molecule has 3 aromatic rings. The Morgan fingerprint density at radius 3 is 2.34 bits per heavy atom. The van der Waals surface area contributed by atoms with Gasteiger partial charge in [0.1, 0.15) is 0 Å². The first-order valence-corrected chi connectivity index (χ1v) is 9.51. The molecule has 0 spiro atoms. The molecule has 2 aromatic carbocycles. The average molecular weight is 400 g/mol. The highest BCUT2D eigenvalue weighted by Crippen LogP contribution is 2.31. The maximum Gasteiger partial charge on any atom is 0.416 e. The number of aryl methyl sites for hydroxylation is 2. The third kappa shape index (κ3) is 4.94. The number of carbonyl (C=O) groups is 1. The van der Waals surface area contributed by atoms with E-state index >= 15 is 0 Å². The number of benzene rings is 2. The Balaban J connectivity index is 1.81. The van der Waals surface area contributed by atoms with E-state index in [-0.39, 0.29) is 11.8 Å². The van der Waals surface area contributed by atoms with Crippen molar-refractivity contribution in [3.63, 3.8) is 0 Å². The number of hydrogen-bond acceptors (Lipinski definition) is 2. The van der Waals surface area contributed by atoms with E-state index in [0.717, 1.165) is 23.4 Å². The Hall–Kier alpha value is -2.89. The van der Waals surface area contributed by atoms with Crippen LogP contribution in [0.1, 0.15) is 53.5 Å². The van der Waals surface area contributed by atoms with Gasteiger partial charge in [-0.15, -0.1) is 0 Å². The highest BCUT2D eigenvalue weighted by atomic mass is 19.4. The van der Waals surface area contributed by atoms with Crippen LogP contribution in [0, 0.1) is 6.92 Å². The Kier molecular flexibility index (Phi) is 5.91. The largest absolute Gasteiger partial charge is 0.416 e. The van der Waals surface area contributed by atoms with Gasteiger partial charge in [0.15, 0.2) is 5.78 Å². The van der Waals surface area contributed by atoms with Gasteiger partial charge in [-0.3, -0.25) is 9.48 Å². The van der Waals surface area contributed by atoms with Gasteiger partial charge in [-0.05, 0) is 51.5 Å². The lowest BCUT2D eigenvalue weighted by molar-refractivity contribution is -0.137. The molecule has 0 aliphatic heterocycles. The molecule has 0 unspecified atom stereocenters. The van der Waals surface area contributed by atoms with E-state index in [4.69, 9.17) is 0 Å². The van der Waals surface area contributed by atoms with Gasteiger partial charge in [-0.2, -0.15) is 18.3 Å². The maximum atomic E-state index is 12.8. The van der Waals surface area contributed by atoms with Gasteiger partial charge in [-0.25, -0.2) is 0 Å². The summed E-state index contributed by atoms with van der Waals surface area (Å²) in [5, 5.41) is 4.56. The molecule has 1 aromatic heterocycles. The van der Waals surface area contributed by atoms with Gasteiger partial charge in [0.2, 0.25) is 0 Å². The summed E-state index contributed by atoms with van der Waals surface area (Å²) in [6.45, 7) is 5.91. The third-order valence-electron chi connectivity index (χ3n) is 4.76. The minimum absolute atomic E-state index is 0.0567. The minimum atomic E-state index is -4.36. The molecule has 0 aliphatic rings. The van der Waals surface area contributed by atoms with E-state index < -0.39 is 11.7 Å². The summed E-state index contributed by atoms with van der Waals surface area (Å²) < 4.78 is 40.2. The van der Waals surface area contributed by atoms with Crippen molar-refractivity contribution in [2.75, 3.05) is 0 Å². The first-order chi connectivity index (χ1) is 13.6. The molecule has 6 heteroatoms. The lowest BCUT2D eigenvalue weighted by Crippen LogP contribution is -2.09. The van der Waals surface area contributed by atoms with Gasteiger partial charge >= 0.3 is 6.18 Å². The molecule has 0 radical (unpaired) electrons. The van der Waals surface area contributed by atoms with Crippen molar-refractivity contribution in [1.29, 1.82) is 0 Å². The van der Waals surface area contributed by atoms with Crippen LogP contribution in [0.25, 0.3) is 11.3 Å². The molecule has 0 N–H and O–H groups in total. The number of rotatable bonds is 6. The SMILES string of the molecule is Cc1cccc(C(=O)CCc2cc(-c3ccc(C(F)(F)F)cc3)nn2C(C)C)c1. The Morgan fingerprint density at radius 2 is 1.76 bits per heavy atom. The average Bonchev–Trinajstić information content (AvgIpc) is 3.10. The quantitative estimate of drug-likeness (QED) is 0.457. The third-order valence-corrected chi connectivity index (χ3v) is 4.76. The topological polar surface area (TPSA) is 34.9 Å². The van der Waals surface area contributed by atoms with Gasteiger partial charge in [0.25, 0.3) is 0 Å². The highest BCUT2D eigenvalue weighted by Gasteiger charge is 2.30. The van der Waals surface area contributed by atoms with Crippen molar-refractivity contribution in [3.8, 4) is 11.3 Å². The van der Waals surface area contributed by atoms with E-state index in [9.17, 15) is 18.0 Å². The van der Waals surface area contributed by atoms with Gasteiger partial charge in [0.05, 0.1) is 11.3 Å². The van der Waals surface area contributed by atoms with Crippen molar-refractivity contribution >= 4 is 5.78 Å². The standard InChI is InChI=1S/C23H23F3N2O/c1-15(2)28-20(11-12-22(29)18-6-4-5-16(3)13-18)14-21(27-28)17-7-9-19(10-8-17)23(24,25)26/h4-10,13-15H,11-12H2,1-3H3. The number of nitrogens with zero attached hydrogens (tertiary/aromatic N) is 2. The van der Waals surface area contributed by atoms with E-state index in [1.165, 1.54) is 12.1 Å². The molecule has 1 heterocycles. The van der Waals surface area contributed by atoms with Crippen LogP contribution in [0.5, 0.6) is 0 Å². The molecule has 3 rings (SSSR count). The number of Topliss-reactive ketones (excluding diaryl/α,β-unsaturated/α-hetero) is 1. The molecule has 0 bridgehead atoms. The van der Waals surface area contributed by atoms with Crippen molar-refractivity contribution in [2.45, 2.75) is 45.8 Å². The molecule has 29 heavy (non-hydrogen) atoms. The first-order valence-electron chi connectivity index (χ1n) is 9.51. The fourth-order valence-electron chi connectivity index (χ4n) is 3.24. The monoisotopic (exact) mass is 400 g/mol. The molecular formula is C23H23F3N2O. The second kappa shape index (κ2) is 8.23. The fourth-order valence-corrected chi connectivity index (χ4v) is 3.24. The summed E-state index contributed by atoms with van der Waals surface area (Å²) in [5.41, 5.74) is 3.13. The second-order valence-corrected chi connectivity index (χ2v) is 7.43. The van der Waals surface area contributed by atoms with Crippen LogP contribution < -0.4 is 0 Å². The lowest BCUT2D eigenvalue weighted by Gasteiger charge is -2.10. The molecule has 0 atom stereocenters. The van der Waals surface area contributed by atoms with Crippen LogP contribution in [-0.4, -0.2) is 15.6 Å². The van der Waals surface area contributed by atoms with Crippen molar-refractivity contribution < 1.29 is 18.0 Å². The number of alkyl halides is 3. The second-order valence-electron chi connectivity index (χ2n) is 7.43. The molecule has 0 saturated carbocycles. The normalized spacial score (nSPS) is 11.8. The zero-order valence-corrected chi connectivity index (χ0v) is 16.6. The van der Waals surface area contributed by atoms with Crippen LogP contribution in [-0.2, 0) is 12.6 Å². The summed E-state index contributed by atoms with van der Waals surface area (Å²) in [4.78, 5) is 12.5. The van der Waals surface area contributed by atoms with Crippen molar-refractivity contribution in [1.82, 2.24) is 9.78 Å². The lowest BCUT2D eigenvalue weighted by atomic mass is 10.0. The predicted molar refractivity (Wildman–Crippen MR) is 107 cm³/mol. The Labute approximate surface area is 168 Å². The molecule has 0 saturated heterocycles. The summed E-state index contributed by atoms with van der Waals surface area (Å²) in [5.74, 6) is 0.0567. The zero-order valence-electron chi connectivity index (χ0n) is 16.6. The molecule has 0 aliphatic carbocycles. The maximum absolute atomic E-state index is 12.8. The predicted octanol–water partition coefficient (Wildman–Crippen LogP) is 6.27. The van der Waals surface area contributed by atoms with Crippen LogP contribution >= 0.6 is 0 Å². The molecule has 3 nitrogen and oxygen atoms in total. The number of ketones is 1. The molecule has 0 amide bonds. The highest BCUT2D eigenvalue weighted by molar-refractivity contribution is 5.96. The summed E-state index contributed by atoms with van der Waals surface area (Å²) in [6.07, 6.45) is -3.51. The molecule has 152 valence electrons. The Morgan fingerprint density at radius 1 is 1.07 bits per heavy atom.